The minimum absolute atomic E-state index is 0.0313. The predicted octanol–water partition coefficient (Wildman–Crippen LogP) is 4.13. The van der Waals surface area contributed by atoms with Gasteiger partial charge in [0.25, 0.3) is 5.91 Å². The van der Waals surface area contributed by atoms with E-state index in [-0.39, 0.29) is 30.8 Å². The fourth-order valence-electron chi connectivity index (χ4n) is 4.18. The Bertz CT molecular complexity index is 1470. The van der Waals surface area contributed by atoms with Crippen LogP contribution in [0, 0.1) is 0 Å². The van der Waals surface area contributed by atoms with E-state index in [0.29, 0.717) is 10.6 Å². The lowest BCUT2D eigenvalue weighted by atomic mass is 9.97. The van der Waals surface area contributed by atoms with E-state index in [4.69, 9.17) is 11.6 Å². The normalized spacial score (nSPS) is 12.5. The molecule has 39 heavy (non-hydrogen) atoms. The van der Waals surface area contributed by atoms with Crippen molar-refractivity contribution in [3.8, 4) is 11.1 Å². The highest BCUT2D eigenvalue weighted by Crippen LogP contribution is 2.21. The molecule has 0 saturated carbocycles. The molecule has 0 aliphatic rings. The number of carbonyl (C=O) groups is 3. The van der Waals surface area contributed by atoms with Gasteiger partial charge in [0, 0.05) is 23.6 Å². The summed E-state index contributed by atoms with van der Waals surface area (Å²) in [4.78, 5) is 36.2. The Kier molecular flexibility index (Phi) is 8.75. The number of nitrogens with one attached hydrogen (secondary N) is 1. The van der Waals surface area contributed by atoms with Gasteiger partial charge in [-0.1, -0.05) is 84.4 Å². The van der Waals surface area contributed by atoms with Gasteiger partial charge in [-0.25, -0.2) is 9.59 Å². The second-order valence-corrected chi connectivity index (χ2v) is 9.40. The maximum atomic E-state index is 13.1. The minimum atomic E-state index is -1.70. The van der Waals surface area contributed by atoms with Crippen LogP contribution in [0.1, 0.15) is 38.5 Å². The van der Waals surface area contributed by atoms with Crippen LogP contribution < -0.4 is 5.32 Å². The number of amides is 1. The van der Waals surface area contributed by atoms with Gasteiger partial charge in [-0.05, 0) is 34.7 Å². The third kappa shape index (κ3) is 7.10. The Morgan fingerprint density at radius 1 is 0.897 bits per heavy atom. The highest BCUT2D eigenvalue weighted by atomic mass is 35.5. The summed E-state index contributed by atoms with van der Waals surface area (Å²) in [6, 6.07) is 24.6. The number of aromatic carboxylic acids is 1. The molecule has 1 heterocycles. The van der Waals surface area contributed by atoms with Gasteiger partial charge in [-0.2, -0.15) is 5.10 Å². The Morgan fingerprint density at radius 3 is 2.18 bits per heavy atom. The van der Waals surface area contributed by atoms with E-state index >= 15 is 0 Å². The Balaban J connectivity index is 1.54. The van der Waals surface area contributed by atoms with Crippen molar-refractivity contribution >= 4 is 29.4 Å². The molecule has 0 aliphatic heterocycles. The average Bonchev–Trinajstić information content (AvgIpc) is 3.35. The largest absolute Gasteiger partial charge is 0.479 e. The minimum Gasteiger partial charge on any atom is -0.479 e. The number of nitrogens with zero attached hydrogens (tertiary/aromatic N) is 2. The molecule has 0 spiro atoms. The van der Waals surface area contributed by atoms with Gasteiger partial charge in [0.05, 0.1) is 6.54 Å². The first-order valence-corrected chi connectivity index (χ1v) is 12.5. The predicted molar refractivity (Wildman–Crippen MR) is 145 cm³/mol. The van der Waals surface area contributed by atoms with E-state index in [1.807, 2.05) is 54.6 Å². The number of benzene rings is 3. The number of aromatic nitrogens is 2. The molecule has 1 unspecified atom stereocenters. The van der Waals surface area contributed by atoms with Crippen LogP contribution >= 0.6 is 11.6 Å². The van der Waals surface area contributed by atoms with Crippen molar-refractivity contribution in [2.45, 2.75) is 31.5 Å². The van der Waals surface area contributed by atoms with Crippen molar-refractivity contribution in [1.29, 1.82) is 0 Å². The van der Waals surface area contributed by atoms with E-state index in [1.54, 1.807) is 24.3 Å². The maximum absolute atomic E-state index is 13.1. The van der Waals surface area contributed by atoms with Crippen molar-refractivity contribution in [1.82, 2.24) is 15.1 Å². The van der Waals surface area contributed by atoms with E-state index in [9.17, 15) is 29.7 Å². The average molecular weight is 548 g/mol. The number of carboxylic acid groups (broad SMARTS) is 2. The molecule has 9 nitrogen and oxygen atoms in total. The lowest BCUT2D eigenvalue weighted by Gasteiger charge is -2.20. The smallest absolute Gasteiger partial charge is 0.354 e. The summed E-state index contributed by atoms with van der Waals surface area (Å²) < 4.78 is 1.17. The number of hydrogen-bond donors (Lipinski definition) is 4. The van der Waals surface area contributed by atoms with Crippen LogP contribution in [0.2, 0.25) is 5.02 Å². The van der Waals surface area contributed by atoms with Gasteiger partial charge < -0.3 is 20.6 Å². The molecule has 200 valence electrons. The first-order chi connectivity index (χ1) is 18.7. The van der Waals surface area contributed by atoms with Gasteiger partial charge in [0.1, 0.15) is 5.69 Å². The molecule has 10 heteroatoms. The highest BCUT2D eigenvalue weighted by Gasteiger charge is 2.25. The molecule has 0 fully saturated rings. The number of rotatable bonds is 11. The van der Waals surface area contributed by atoms with E-state index in [0.717, 1.165) is 22.8 Å². The Morgan fingerprint density at radius 2 is 1.54 bits per heavy atom. The molecule has 0 bridgehead atoms. The number of halogens is 1. The summed E-state index contributed by atoms with van der Waals surface area (Å²) >= 11 is 6.20. The van der Waals surface area contributed by atoms with Crippen LogP contribution in [-0.4, -0.2) is 55.1 Å². The quantitative estimate of drug-likeness (QED) is 0.221. The second-order valence-electron chi connectivity index (χ2n) is 9.00. The number of aliphatic hydroxyl groups excluding tert-OH is 1. The number of carboxylic acids is 2. The fourth-order valence-corrected chi connectivity index (χ4v) is 4.38. The molecular formula is C29H26ClN3O6. The summed E-state index contributed by atoms with van der Waals surface area (Å²) in [5.74, 6) is -3.38. The highest BCUT2D eigenvalue weighted by molar-refractivity contribution is 6.31. The number of aliphatic hydroxyl groups is 1. The lowest BCUT2D eigenvalue weighted by Crippen LogP contribution is -2.40. The van der Waals surface area contributed by atoms with Crippen molar-refractivity contribution < 1.29 is 29.7 Å². The molecule has 1 aromatic heterocycles. The molecule has 4 N–H and O–H groups in total. The molecule has 3 aromatic carbocycles. The van der Waals surface area contributed by atoms with Gasteiger partial charge in [0.15, 0.2) is 11.8 Å². The Hall–Kier alpha value is -4.47. The van der Waals surface area contributed by atoms with Gasteiger partial charge in [-0.15, -0.1) is 0 Å². The third-order valence-electron chi connectivity index (χ3n) is 6.18. The summed E-state index contributed by atoms with van der Waals surface area (Å²) in [5.41, 5.74) is 3.10. The number of carbonyl (C=O) groups excluding carboxylic acids is 1. The van der Waals surface area contributed by atoms with Crippen LogP contribution in [0.25, 0.3) is 11.1 Å². The van der Waals surface area contributed by atoms with Crippen LogP contribution in [0.4, 0.5) is 0 Å². The first-order valence-electron chi connectivity index (χ1n) is 12.1. The summed E-state index contributed by atoms with van der Waals surface area (Å²) in [6.45, 7) is 0.0313. The standard InChI is InChI=1S/C29H26ClN3O6/c30-23-9-5-4-8-21(23)17-33-25(28(36)37)16-24(32-33)27(35)31-22(15-26(34)29(38)39)14-18-10-12-20(13-11-18)19-6-2-1-3-7-19/h1-13,16,22,26,34H,14-15,17H2,(H,31,35)(H,36,37)(H,38,39)/t22-,26?/m1/s1. The fraction of sp³-hybridized carbons (Fsp3) is 0.172. The summed E-state index contributed by atoms with van der Waals surface area (Å²) in [6.07, 6.45) is -1.73. The molecule has 4 aromatic rings. The maximum Gasteiger partial charge on any atom is 0.354 e. The van der Waals surface area contributed by atoms with E-state index in [1.165, 1.54) is 4.68 Å². The van der Waals surface area contributed by atoms with E-state index < -0.39 is 30.0 Å². The Labute approximate surface area is 229 Å². The number of aliphatic carboxylic acids is 1. The SMILES string of the molecule is O=C(N[C@H](Cc1ccc(-c2ccccc2)cc1)CC(O)C(=O)O)c1cc(C(=O)O)n(Cc2ccccc2Cl)n1. The zero-order valence-corrected chi connectivity index (χ0v) is 21.5. The van der Waals surface area contributed by atoms with Crippen LogP contribution in [0.3, 0.4) is 0 Å². The molecule has 0 saturated heterocycles. The van der Waals surface area contributed by atoms with Crippen molar-refractivity contribution in [3.05, 3.63) is 112 Å². The van der Waals surface area contributed by atoms with Gasteiger partial charge >= 0.3 is 11.9 Å². The van der Waals surface area contributed by atoms with Crippen LogP contribution in [-0.2, 0) is 17.8 Å². The molecule has 2 atom stereocenters. The molecule has 0 aliphatic carbocycles. The summed E-state index contributed by atoms with van der Waals surface area (Å²) in [7, 11) is 0. The van der Waals surface area contributed by atoms with Crippen molar-refractivity contribution in [2.75, 3.05) is 0 Å². The van der Waals surface area contributed by atoms with Crippen LogP contribution in [0.15, 0.2) is 84.9 Å². The second kappa shape index (κ2) is 12.4. The third-order valence-corrected chi connectivity index (χ3v) is 6.55. The van der Waals surface area contributed by atoms with Gasteiger partial charge in [0.2, 0.25) is 0 Å². The monoisotopic (exact) mass is 547 g/mol. The molecule has 4 rings (SSSR count). The topological polar surface area (TPSA) is 142 Å². The van der Waals surface area contributed by atoms with Crippen molar-refractivity contribution in [3.63, 3.8) is 0 Å². The van der Waals surface area contributed by atoms with E-state index in [2.05, 4.69) is 10.4 Å². The van der Waals surface area contributed by atoms with Gasteiger partial charge in [-0.3, -0.25) is 9.48 Å². The zero-order valence-electron chi connectivity index (χ0n) is 20.7. The van der Waals surface area contributed by atoms with Crippen molar-refractivity contribution in [2.24, 2.45) is 0 Å². The number of hydrogen-bond acceptors (Lipinski definition) is 5. The molecule has 1 amide bonds. The van der Waals surface area contributed by atoms with Crippen LogP contribution in [0.5, 0.6) is 0 Å². The molecule has 0 radical (unpaired) electrons. The molecular weight excluding hydrogens is 522 g/mol. The first kappa shape index (κ1) is 27.6. The lowest BCUT2D eigenvalue weighted by molar-refractivity contribution is -0.147. The zero-order chi connectivity index (χ0) is 27.9. The summed E-state index contributed by atoms with van der Waals surface area (Å²) in [5, 5.41) is 36.2.